The Morgan fingerprint density at radius 3 is 2.53 bits per heavy atom. The molecule has 0 aliphatic carbocycles. The van der Waals surface area contributed by atoms with Crippen LogP contribution in [0.1, 0.15) is 29.5 Å². The largest absolute Gasteiger partial charge is 0.391 e. The summed E-state index contributed by atoms with van der Waals surface area (Å²) in [7, 11) is 1.89. The van der Waals surface area contributed by atoms with Gasteiger partial charge in [0, 0.05) is 42.8 Å². The van der Waals surface area contributed by atoms with E-state index in [2.05, 4.69) is 61.7 Å². The van der Waals surface area contributed by atoms with Crippen molar-refractivity contribution in [1.82, 2.24) is 24.6 Å². The van der Waals surface area contributed by atoms with E-state index in [4.69, 9.17) is 0 Å². The molecule has 4 aromatic rings. The number of H-pyrrole nitrogens is 1. The van der Waals surface area contributed by atoms with Gasteiger partial charge in [0.05, 0.1) is 29.5 Å². The smallest absolute Gasteiger partial charge is 0.367 e. The number of alkyl halides is 3. The number of halogens is 3. The predicted molar refractivity (Wildman–Crippen MR) is 135 cm³/mol. The highest BCUT2D eigenvalue weighted by atomic mass is 19.4. The first-order chi connectivity index (χ1) is 17.3. The van der Waals surface area contributed by atoms with Crippen LogP contribution in [0.25, 0.3) is 33.8 Å². The van der Waals surface area contributed by atoms with Gasteiger partial charge in [-0.2, -0.15) is 18.3 Å². The maximum Gasteiger partial charge on any atom is 0.391 e. The molecule has 3 aromatic heterocycles. The first-order valence-electron chi connectivity index (χ1n) is 12.2. The van der Waals surface area contributed by atoms with E-state index in [9.17, 15) is 13.2 Å². The van der Waals surface area contributed by atoms with E-state index in [1.807, 2.05) is 25.6 Å². The number of hydrogen-bond acceptors (Lipinski definition) is 4. The van der Waals surface area contributed by atoms with Crippen molar-refractivity contribution in [3.8, 4) is 11.3 Å². The topological polar surface area (TPSA) is 61.8 Å². The van der Waals surface area contributed by atoms with Gasteiger partial charge in [-0.15, -0.1) is 0 Å². The van der Waals surface area contributed by atoms with Crippen LogP contribution in [-0.4, -0.2) is 50.5 Å². The summed E-state index contributed by atoms with van der Waals surface area (Å²) in [4.78, 5) is 10.1. The van der Waals surface area contributed by atoms with Gasteiger partial charge in [-0.25, -0.2) is 0 Å². The van der Waals surface area contributed by atoms with Crippen LogP contribution in [0.15, 0.2) is 48.9 Å². The summed E-state index contributed by atoms with van der Waals surface area (Å²) >= 11 is 0. The lowest BCUT2D eigenvalue weighted by atomic mass is 9.95. The Kier molecular flexibility index (Phi) is 5.59. The Hall–Kier alpha value is -3.59. The zero-order valence-electron chi connectivity index (χ0n) is 19.9. The molecule has 0 radical (unpaired) electrons. The number of pyridine rings is 1. The molecule has 0 unspecified atom stereocenters. The molecule has 0 bridgehead atoms. The minimum absolute atomic E-state index is 0.186. The second kappa shape index (κ2) is 8.81. The Balaban J connectivity index is 1.20. The second-order valence-corrected chi connectivity index (χ2v) is 9.74. The lowest BCUT2D eigenvalue weighted by Crippen LogP contribution is -2.38. The van der Waals surface area contributed by atoms with Crippen LogP contribution in [0.4, 0.5) is 19.0 Å². The lowest BCUT2D eigenvalue weighted by molar-refractivity contribution is -0.185. The van der Waals surface area contributed by atoms with Gasteiger partial charge in [0.15, 0.2) is 0 Å². The number of likely N-dealkylation sites (tertiary alicyclic amines) is 1. The van der Waals surface area contributed by atoms with Crippen LogP contribution >= 0.6 is 0 Å². The third-order valence-corrected chi connectivity index (χ3v) is 7.28. The molecule has 0 spiro atoms. The predicted octanol–water partition coefficient (Wildman–Crippen LogP) is 5.70. The number of fused-ring (bicyclic) bond motifs is 3. The molecule has 6 nitrogen and oxygen atoms in total. The molecule has 36 heavy (non-hydrogen) atoms. The van der Waals surface area contributed by atoms with Crippen LogP contribution in [0.2, 0.25) is 0 Å². The molecule has 1 fully saturated rings. The number of aryl methyl sites for hydroxylation is 1. The van der Waals surface area contributed by atoms with E-state index in [1.54, 1.807) is 4.68 Å². The molecule has 186 valence electrons. The van der Waals surface area contributed by atoms with Crippen molar-refractivity contribution >= 4 is 28.4 Å². The molecular weight excluding hydrogens is 465 g/mol. The zero-order valence-corrected chi connectivity index (χ0v) is 19.9. The molecule has 1 saturated heterocycles. The fourth-order valence-electron chi connectivity index (χ4n) is 5.21. The molecule has 0 amide bonds. The normalized spacial score (nSPS) is 17.2. The van der Waals surface area contributed by atoms with Crippen LogP contribution in [0.5, 0.6) is 0 Å². The van der Waals surface area contributed by atoms with Crippen molar-refractivity contribution in [2.24, 2.45) is 13.0 Å². The molecule has 5 heterocycles. The summed E-state index contributed by atoms with van der Waals surface area (Å²) in [6.07, 6.45) is 4.14. The highest BCUT2D eigenvalue weighted by molar-refractivity contribution is 6.03. The molecule has 2 aliphatic rings. The van der Waals surface area contributed by atoms with Gasteiger partial charge >= 0.3 is 6.18 Å². The van der Waals surface area contributed by atoms with Crippen LogP contribution < -0.4 is 5.32 Å². The summed E-state index contributed by atoms with van der Waals surface area (Å²) in [5.41, 5.74) is 7.36. The molecular formula is C27H27F3N6. The standard InChI is InChI=1S/C27H27F3N6/c1-35-16-20(13-33-35)24-11-22-23-10-19(12-32-26(23)34-25(22)14-31-24)18-4-2-17(3-5-18)15-36-8-6-21(7-9-36)27(28,29)30/h2-5,10-11,13-14,16,21,32,34H,6-9,12,15H2,1H3. The minimum atomic E-state index is -4.07. The average molecular weight is 493 g/mol. The quantitative estimate of drug-likeness (QED) is 0.384. The maximum absolute atomic E-state index is 12.9. The highest BCUT2D eigenvalue weighted by Gasteiger charge is 2.40. The third kappa shape index (κ3) is 4.39. The molecule has 0 saturated carbocycles. The fraction of sp³-hybridized carbons (Fsp3) is 0.333. The van der Waals surface area contributed by atoms with Gasteiger partial charge in [-0.05, 0) is 54.8 Å². The molecule has 6 rings (SSSR count). The van der Waals surface area contributed by atoms with E-state index in [0.717, 1.165) is 44.7 Å². The van der Waals surface area contributed by atoms with Crippen molar-refractivity contribution < 1.29 is 13.2 Å². The van der Waals surface area contributed by atoms with Gasteiger partial charge in [-0.3, -0.25) is 14.6 Å². The maximum atomic E-state index is 12.9. The first kappa shape index (κ1) is 22.8. The number of nitrogens with one attached hydrogen (secondary N) is 2. The van der Waals surface area contributed by atoms with Gasteiger partial charge in [0.2, 0.25) is 0 Å². The lowest BCUT2D eigenvalue weighted by Gasteiger charge is -2.32. The second-order valence-electron chi connectivity index (χ2n) is 9.74. The molecule has 2 aliphatic heterocycles. The number of anilines is 1. The van der Waals surface area contributed by atoms with Crippen LogP contribution in [0, 0.1) is 5.92 Å². The van der Waals surface area contributed by atoms with Crippen molar-refractivity contribution in [1.29, 1.82) is 0 Å². The van der Waals surface area contributed by atoms with E-state index in [0.29, 0.717) is 26.2 Å². The Bertz CT molecular complexity index is 1420. The molecule has 2 N–H and O–H groups in total. The number of nitrogens with zero attached hydrogens (tertiary/aromatic N) is 4. The van der Waals surface area contributed by atoms with Crippen molar-refractivity contribution in [2.75, 3.05) is 25.0 Å². The van der Waals surface area contributed by atoms with Gasteiger partial charge in [0.1, 0.15) is 5.82 Å². The Morgan fingerprint density at radius 2 is 1.83 bits per heavy atom. The number of hydrogen-bond donors (Lipinski definition) is 2. The molecule has 0 atom stereocenters. The van der Waals surface area contributed by atoms with Gasteiger partial charge in [0.25, 0.3) is 0 Å². The molecule has 1 aromatic carbocycles. The highest BCUT2D eigenvalue weighted by Crippen LogP contribution is 2.36. The average Bonchev–Trinajstić information content (AvgIpc) is 3.47. The number of aromatic amines is 1. The van der Waals surface area contributed by atoms with E-state index in [1.165, 1.54) is 5.57 Å². The van der Waals surface area contributed by atoms with Crippen molar-refractivity contribution in [3.05, 3.63) is 65.6 Å². The summed E-state index contributed by atoms with van der Waals surface area (Å²) in [5, 5.41) is 8.84. The Labute approximate surface area is 206 Å². The summed E-state index contributed by atoms with van der Waals surface area (Å²) < 4.78 is 40.6. The monoisotopic (exact) mass is 492 g/mol. The van der Waals surface area contributed by atoms with E-state index >= 15 is 0 Å². The van der Waals surface area contributed by atoms with E-state index < -0.39 is 12.1 Å². The zero-order chi connectivity index (χ0) is 24.9. The summed E-state index contributed by atoms with van der Waals surface area (Å²) in [6, 6.07) is 10.5. The van der Waals surface area contributed by atoms with Gasteiger partial charge < -0.3 is 10.3 Å². The minimum Gasteiger partial charge on any atom is -0.367 e. The number of aromatic nitrogens is 4. The van der Waals surface area contributed by atoms with Crippen molar-refractivity contribution in [3.63, 3.8) is 0 Å². The van der Waals surface area contributed by atoms with Gasteiger partial charge in [-0.1, -0.05) is 24.3 Å². The van der Waals surface area contributed by atoms with Crippen LogP contribution in [-0.2, 0) is 13.6 Å². The summed E-state index contributed by atoms with van der Waals surface area (Å²) in [6.45, 7) is 2.35. The molecule has 9 heteroatoms. The number of benzene rings is 1. The Morgan fingerprint density at radius 1 is 1.06 bits per heavy atom. The third-order valence-electron chi connectivity index (χ3n) is 7.28. The summed E-state index contributed by atoms with van der Waals surface area (Å²) in [5.74, 6) is -0.176. The number of piperidine rings is 1. The number of rotatable bonds is 4. The fourth-order valence-corrected chi connectivity index (χ4v) is 5.21. The SMILES string of the molecule is Cn1cc(-c2cc3c4c([nH]c3cn2)NCC(c2ccc(CN3CCC(C(F)(F)F)CC3)cc2)=C4)cn1. The van der Waals surface area contributed by atoms with Crippen LogP contribution in [0.3, 0.4) is 0 Å². The van der Waals surface area contributed by atoms with Crippen molar-refractivity contribution in [2.45, 2.75) is 25.6 Å². The van der Waals surface area contributed by atoms with E-state index in [-0.39, 0.29) is 12.8 Å². The first-order valence-corrected chi connectivity index (χ1v) is 12.2.